The first-order valence-electron chi connectivity index (χ1n) is 6.25. The lowest BCUT2D eigenvalue weighted by Gasteiger charge is -2.06. The average molecular weight is 246 g/mol. The van der Waals surface area contributed by atoms with Crippen LogP contribution in [0.25, 0.3) is 0 Å². The van der Waals surface area contributed by atoms with Crippen LogP contribution in [0.2, 0.25) is 0 Å². The Morgan fingerprint density at radius 3 is 2.62 bits per heavy atom. The van der Waals surface area contributed by atoms with Crippen molar-refractivity contribution in [3.63, 3.8) is 0 Å². The van der Waals surface area contributed by atoms with Crippen LogP contribution in [0.1, 0.15) is 40.0 Å². The number of unbranched alkanes of at least 4 members (excludes halogenated alkanes) is 1. The SMILES string of the molecule is CCNCCC(=O)NCCCCSC(C)C. The van der Waals surface area contributed by atoms with Gasteiger partial charge in [0.2, 0.25) is 5.91 Å². The molecule has 3 nitrogen and oxygen atoms in total. The minimum absolute atomic E-state index is 0.164. The average Bonchev–Trinajstić information content (AvgIpc) is 2.23. The molecule has 2 N–H and O–H groups in total. The molecule has 0 radical (unpaired) electrons. The molecule has 0 aliphatic heterocycles. The van der Waals surface area contributed by atoms with E-state index in [9.17, 15) is 4.79 Å². The predicted octanol–water partition coefficient (Wildman–Crippen LogP) is 2.02. The molecule has 0 atom stereocenters. The summed E-state index contributed by atoms with van der Waals surface area (Å²) in [6.07, 6.45) is 2.87. The van der Waals surface area contributed by atoms with Gasteiger partial charge in [-0.1, -0.05) is 20.8 Å². The van der Waals surface area contributed by atoms with Crippen LogP contribution in [0.5, 0.6) is 0 Å². The molecule has 1 amide bonds. The second-order valence-electron chi connectivity index (χ2n) is 4.08. The van der Waals surface area contributed by atoms with E-state index in [1.807, 2.05) is 18.7 Å². The zero-order valence-electron chi connectivity index (χ0n) is 10.8. The van der Waals surface area contributed by atoms with E-state index in [0.717, 1.165) is 31.3 Å². The second kappa shape index (κ2) is 11.3. The third-order valence-electron chi connectivity index (χ3n) is 2.12. The van der Waals surface area contributed by atoms with Crippen LogP contribution in [0, 0.1) is 0 Å². The number of carbonyl (C=O) groups is 1. The summed E-state index contributed by atoms with van der Waals surface area (Å²) in [5, 5.41) is 6.80. The maximum atomic E-state index is 11.3. The predicted molar refractivity (Wildman–Crippen MR) is 73.0 cm³/mol. The van der Waals surface area contributed by atoms with Gasteiger partial charge in [-0.15, -0.1) is 0 Å². The molecule has 0 rings (SSSR count). The van der Waals surface area contributed by atoms with Gasteiger partial charge in [-0.05, 0) is 30.4 Å². The van der Waals surface area contributed by atoms with Crippen LogP contribution < -0.4 is 10.6 Å². The molecule has 0 unspecified atom stereocenters. The number of thioether (sulfide) groups is 1. The quantitative estimate of drug-likeness (QED) is 0.580. The van der Waals surface area contributed by atoms with Gasteiger partial charge in [0.25, 0.3) is 0 Å². The van der Waals surface area contributed by atoms with E-state index < -0.39 is 0 Å². The summed E-state index contributed by atoms with van der Waals surface area (Å²) in [4.78, 5) is 11.3. The first kappa shape index (κ1) is 15.8. The molecular weight excluding hydrogens is 220 g/mol. The zero-order chi connectivity index (χ0) is 12.2. The van der Waals surface area contributed by atoms with Crippen molar-refractivity contribution in [2.24, 2.45) is 0 Å². The van der Waals surface area contributed by atoms with Crippen molar-refractivity contribution >= 4 is 17.7 Å². The molecule has 0 heterocycles. The number of rotatable bonds is 10. The van der Waals surface area contributed by atoms with Crippen molar-refractivity contribution in [1.29, 1.82) is 0 Å². The Morgan fingerprint density at radius 1 is 1.25 bits per heavy atom. The van der Waals surface area contributed by atoms with Crippen molar-refractivity contribution in [2.75, 3.05) is 25.4 Å². The molecule has 0 aromatic carbocycles. The first-order chi connectivity index (χ1) is 7.66. The molecule has 4 heteroatoms. The third-order valence-corrected chi connectivity index (χ3v) is 3.31. The van der Waals surface area contributed by atoms with E-state index in [0.29, 0.717) is 6.42 Å². The van der Waals surface area contributed by atoms with Crippen molar-refractivity contribution in [3.05, 3.63) is 0 Å². The monoisotopic (exact) mass is 246 g/mol. The summed E-state index contributed by atoms with van der Waals surface area (Å²) in [7, 11) is 0. The smallest absolute Gasteiger partial charge is 0.221 e. The highest BCUT2D eigenvalue weighted by Crippen LogP contribution is 2.10. The molecule has 0 spiro atoms. The van der Waals surface area contributed by atoms with Crippen LogP contribution in [0.15, 0.2) is 0 Å². The van der Waals surface area contributed by atoms with Crippen LogP contribution in [0.4, 0.5) is 0 Å². The fourth-order valence-electron chi connectivity index (χ4n) is 1.24. The lowest BCUT2D eigenvalue weighted by molar-refractivity contribution is -0.120. The standard InChI is InChI=1S/C12H26N2OS/c1-4-13-9-7-12(15)14-8-5-6-10-16-11(2)3/h11,13H,4-10H2,1-3H3,(H,14,15). The van der Waals surface area contributed by atoms with Crippen LogP contribution in [-0.4, -0.2) is 36.5 Å². The van der Waals surface area contributed by atoms with E-state index in [1.54, 1.807) is 0 Å². The summed E-state index contributed by atoms with van der Waals surface area (Å²) in [6.45, 7) is 9.01. The number of amides is 1. The Kier molecular flexibility index (Phi) is 11.1. The minimum Gasteiger partial charge on any atom is -0.356 e. The van der Waals surface area contributed by atoms with Crippen LogP contribution >= 0.6 is 11.8 Å². The fraction of sp³-hybridized carbons (Fsp3) is 0.917. The highest BCUT2D eigenvalue weighted by molar-refractivity contribution is 7.99. The van der Waals surface area contributed by atoms with Gasteiger partial charge in [0.05, 0.1) is 0 Å². The molecule has 0 aliphatic rings. The highest BCUT2D eigenvalue weighted by Gasteiger charge is 1.99. The van der Waals surface area contributed by atoms with Gasteiger partial charge in [0.15, 0.2) is 0 Å². The van der Waals surface area contributed by atoms with Gasteiger partial charge >= 0.3 is 0 Å². The molecular formula is C12H26N2OS. The van der Waals surface area contributed by atoms with Crippen LogP contribution in [0.3, 0.4) is 0 Å². The molecule has 0 bridgehead atoms. The molecule has 16 heavy (non-hydrogen) atoms. The second-order valence-corrected chi connectivity index (χ2v) is 5.76. The van der Waals surface area contributed by atoms with Crippen LogP contribution in [-0.2, 0) is 4.79 Å². The lowest BCUT2D eigenvalue weighted by Crippen LogP contribution is -2.28. The molecule has 0 aliphatic carbocycles. The summed E-state index contributed by atoms with van der Waals surface area (Å²) in [5.41, 5.74) is 0. The molecule has 0 aromatic heterocycles. The van der Waals surface area contributed by atoms with Gasteiger partial charge in [0, 0.05) is 19.5 Å². The topological polar surface area (TPSA) is 41.1 Å². The summed E-state index contributed by atoms with van der Waals surface area (Å²) >= 11 is 1.98. The zero-order valence-corrected chi connectivity index (χ0v) is 11.7. The Balaban J connectivity index is 3.15. The Bertz CT molecular complexity index is 174. The Labute approximate surface area is 104 Å². The first-order valence-corrected chi connectivity index (χ1v) is 7.30. The highest BCUT2D eigenvalue weighted by atomic mass is 32.2. The number of hydrogen-bond donors (Lipinski definition) is 2. The van der Waals surface area contributed by atoms with E-state index >= 15 is 0 Å². The maximum Gasteiger partial charge on any atom is 0.221 e. The molecule has 0 saturated carbocycles. The number of nitrogens with one attached hydrogen (secondary N) is 2. The van der Waals surface area contributed by atoms with Gasteiger partial charge in [-0.2, -0.15) is 11.8 Å². The molecule has 0 fully saturated rings. The van der Waals surface area contributed by atoms with E-state index in [4.69, 9.17) is 0 Å². The Morgan fingerprint density at radius 2 is 2.00 bits per heavy atom. The third kappa shape index (κ3) is 11.9. The maximum absolute atomic E-state index is 11.3. The molecule has 96 valence electrons. The summed E-state index contributed by atoms with van der Waals surface area (Å²) < 4.78 is 0. The Hall–Kier alpha value is -0.220. The van der Waals surface area contributed by atoms with Gasteiger partial charge in [-0.3, -0.25) is 4.79 Å². The van der Waals surface area contributed by atoms with E-state index in [2.05, 4.69) is 24.5 Å². The summed E-state index contributed by atoms with van der Waals surface area (Å²) in [6, 6.07) is 0. The minimum atomic E-state index is 0.164. The van der Waals surface area contributed by atoms with Crippen molar-refractivity contribution < 1.29 is 4.79 Å². The normalized spacial score (nSPS) is 10.8. The van der Waals surface area contributed by atoms with Crippen molar-refractivity contribution in [3.8, 4) is 0 Å². The van der Waals surface area contributed by atoms with Crippen molar-refractivity contribution in [1.82, 2.24) is 10.6 Å². The van der Waals surface area contributed by atoms with Gasteiger partial charge in [-0.25, -0.2) is 0 Å². The van der Waals surface area contributed by atoms with Crippen molar-refractivity contribution in [2.45, 2.75) is 45.3 Å². The summed E-state index contributed by atoms with van der Waals surface area (Å²) in [5.74, 6) is 1.36. The van der Waals surface area contributed by atoms with E-state index in [1.165, 1.54) is 12.2 Å². The number of carbonyl (C=O) groups excluding carboxylic acids is 1. The van der Waals surface area contributed by atoms with Gasteiger partial charge < -0.3 is 10.6 Å². The molecule has 0 saturated heterocycles. The largest absolute Gasteiger partial charge is 0.356 e. The van der Waals surface area contributed by atoms with Gasteiger partial charge in [0.1, 0.15) is 0 Å². The van der Waals surface area contributed by atoms with E-state index in [-0.39, 0.29) is 5.91 Å². The molecule has 0 aromatic rings. The fourth-order valence-corrected chi connectivity index (χ4v) is 2.08. The number of hydrogen-bond acceptors (Lipinski definition) is 3. The lowest BCUT2D eigenvalue weighted by atomic mass is 10.3.